The third kappa shape index (κ3) is 4.61. The van der Waals surface area contributed by atoms with Crippen molar-refractivity contribution in [3.63, 3.8) is 0 Å². The van der Waals surface area contributed by atoms with Crippen LogP contribution in [0.2, 0.25) is 10.0 Å². The summed E-state index contributed by atoms with van der Waals surface area (Å²) in [6.45, 7) is 0. The van der Waals surface area contributed by atoms with Gasteiger partial charge in [-0.15, -0.1) is 0 Å². The lowest BCUT2D eigenvalue weighted by atomic mass is 9.84. The summed E-state index contributed by atoms with van der Waals surface area (Å²) >= 11 is 13.4. The van der Waals surface area contributed by atoms with Crippen molar-refractivity contribution in [3.05, 3.63) is 130 Å². The molecule has 0 nitrogen and oxygen atoms in total. The molecule has 5 aromatic carbocycles. The van der Waals surface area contributed by atoms with E-state index in [0.717, 1.165) is 24.3 Å². The summed E-state index contributed by atoms with van der Waals surface area (Å²) < 4.78 is 73.6. The molecule has 5 aromatic rings. The van der Waals surface area contributed by atoms with Crippen LogP contribution in [0.3, 0.4) is 0 Å². The molecule has 184 valence electrons. The van der Waals surface area contributed by atoms with Crippen LogP contribution in [0.5, 0.6) is 0 Å². The van der Waals surface area contributed by atoms with E-state index in [1.54, 1.807) is 54.6 Å². The van der Waals surface area contributed by atoms with Gasteiger partial charge in [0.05, 0.1) is 5.02 Å². The minimum absolute atomic E-state index is 0.00727. The van der Waals surface area contributed by atoms with Crippen LogP contribution in [0.15, 0.2) is 91.0 Å². The summed E-state index contributed by atoms with van der Waals surface area (Å²) in [4.78, 5) is 0. The van der Waals surface area contributed by atoms with Gasteiger partial charge in [-0.25, -0.2) is 22.0 Å². The van der Waals surface area contributed by atoms with Gasteiger partial charge in [-0.3, -0.25) is 0 Å². The normalized spacial score (nSPS) is 11.1. The second-order valence-corrected chi connectivity index (χ2v) is 9.05. The SMILES string of the molecule is Fc1cc(F)cc(-c2c(Cl)c(-c3ccc(F)c(F)c3)c(-c3ccccc3)c(F)c2-c2ccccc2Cl)c1. The van der Waals surface area contributed by atoms with Gasteiger partial charge in [0.1, 0.15) is 17.5 Å². The molecule has 0 bridgehead atoms. The average molecular weight is 541 g/mol. The van der Waals surface area contributed by atoms with E-state index in [9.17, 15) is 17.6 Å². The molecule has 0 aromatic heterocycles. The van der Waals surface area contributed by atoms with Crippen molar-refractivity contribution < 1.29 is 22.0 Å². The van der Waals surface area contributed by atoms with Crippen LogP contribution in [0.25, 0.3) is 44.5 Å². The van der Waals surface area contributed by atoms with E-state index in [1.165, 1.54) is 6.07 Å². The van der Waals surface area contributed by atoms with E-state index in [0.29, 0.717) is 11.6 Å². The molecule has 0 atom stereocenters. The van der Waals surface area contributed by atoms with E-state index in [1.807, 2.05) is 0 Å². The van der Waals surface area contributed by atoms with E-state index >= 15 is 4.39 Å². The highest BCUT2D eigenvalue weighted by Crippen LogP contribution is 2.51. The number of benzene rings is 5. The van der Waals surface area contributed by atoms with Crippen LogP contribution in [0, 0.1) is 29.1 Å². The van der Waals surface area contributed by atoms with E-state index in [-0.39, 0.29) is 49.0 Å². The van der Waals surface area contributed by atoms with Crippen LogP contribution < -0.4 is 0 Å². The maximum atomic E-state index is 16.8. The molecule has 0 aliphatic rings. The van der Waals surface area contributed by atoms with Gasteiger partial charge in [0.25, 0.3) is 0 Å². The monoisotopic (exact) mass is 540 g/mol. The third-order valence-corrected chi connectivity index (χ3v) is 6.65. The lowest BCUT2D eigenvalue weighted by Gasteiger charge is -2.22. The third-order valence-electron chi connectivity index (χ3n) is 5.94. The van der Waals surface area contributed by atoms with Crippen molar-refractivity contribution >= 4 is 23.2 Å². The topological polar surface area (TPSA) is 0 Å². The van der Waals surface area contributed by atoms with Crippen molar-refractivity contribution in [2.75, 3.05) is 0 Å². The summed E-state index contributed by atoms with van der Waals surface area (Å²) in [5.41, 5.74) is 0.525. The van der Waals surface area contributed by atoms with Crippen molar-refractivity contribution in [3.8, 4) is 44.5 Å². The fraction of sp³-hybridized carbons (Fsp3) is 0. The first-order chi connectivity index (χ1) is 17.8. The zero-order chi connectivity index (χ0) is 26.3. The van der Waals surface area contributed by atoms with Crippen LogP contribution in [0.1, 0.15) is 0 Å². The van der Waals surface area contributed by atoms with E-state index in [4.69, 9.17) is 23.2 Å². The van der Waals surface area contributed by atoms with E-state index < -0.39 is 29.1 Å². The minimum atomic E-state index is -1.17. The fourth-order valence-electron chi connectivity index (χ4n) is 4.37. The van der Waals surface area contributed by atoms with Gasteiger partial charge in [-0.05, 0) is 47.0 Å². The lowest BCUT2D eigenvalue weighted by molar-refractivity contribution is 0.509. The molecule has 0 saturated carbocycles. The largest absolute Gasteiger partial charge is 0.207 e. The Balaban J connectivity index is 2.01. The zero-order valence-electron chi connectivity index (χ0n) is 18.8. The Morgan fingerprint density at radius 1 is 0.459 bits per heavy atom. The second kappa shape index (κ2) is 10.0. The predicted molar refractivity (Wildman–Crippen MR) is 138 cm³/mol. The quantitative estimate of drug-likeness (QED) is 0.199. The first-order valence-corrected chi connectivity index (χ1v) is 11.8. The zero-order valence-corrected chi connectivity index (χ0v) is 20.3. The number of rotatable bonds is 4. The standard InChI is InChI=1S/C30H15Cl2F5/c31-22-9-5-4-8-21(22)28-26(18-12-19(33)15-20(34)13-18)29(32)25(17-10-11-23(35)24(36)14-17)27(30(28)37)16-6-2-1-3-7-16/h1-15H. The Morgan fingerprint density at radius 3 is 1.73 bits per heavy atom. The van der Waals surface area contributed by atoms with Gasteiger partial charge in [0.15, 0.2) is 11.6 Å². The van der Waals surface area contributed by atoms with Gasteiger partial charge >= 0.3 is 0 Å². The van der Waals surface area contributed by atoms with Gasteiger partial charge in [-0.1, -0.05) is 77.8 Å². The summed E-state index contributed by atoms with van der Waals surface area (Å²) in [6, 6.07) is 20.5. The average Bonchev–Trinajstić information content (AvgIpc) is 2.87. The van der Waals surface area contributed by atoms with E-state index in [2.05, 4.69) is 0 Å². The molecule has 0 unspecified atom stereocenters. The maximum absolute atomic E-state index is 16.8. The van der Waals surface area contributed by atoms with Crippen molar-refractivity contribution in [1.29, 1.82) is 0 Å². The number of hydrogen-bond donors (Lipinski definition) is 0. The Hall–Kier alpha value is -3.67. The summed E-state index contributed by atoms with van der Waals surface area (Å²) in [5, 5.41) is 0.0568. The highest BCUT2D eigenvalue weighted by atomic mass is 35.5. The van der Waals surface area contributed by atoms with Crippen LogP contribution in [-0.4, -0.2) is 0 Å². The molecule has 0 saturated heterocycles. The van der Waals surface area contributed by atoms with Gasteiger partial charge in [0, 0.05) is 38.9 Å². The smallest absolute Gasteiger partial charge is 0.159 e. The first-order valence-electron chi connectivity index (χ1n) is 11.0. The second-order valence-electron chi connectivity index (χ2n) is 8.26. The molecule has 7 heteroatoms. The molecule has 0 spiro atoms. The molecule has 0 heterocycles. The molecule has 0 aliphatic carbocycles. The highest BCUT2D eigenvalue weighted by Gasteiger charge is 2.28. The van der Waals surface area contributed by atoms with Crippen LogP contribution in [0.4, 0.5) is 22.0 Å². The Morgan fingerprint density at radius 2 is 1.08 bits per heavy atom. The molecule has 5 rings (SSSR count). The Kier molecular flexibility index (Phi) is 6.76. The number of halogens is 7. The summed E-state index contributed by atoms with van der Waals surface area (Å²) in [7, 11) is 0. The first kappa shape index (κ1) is 25.0. The molecule has 0 fully saturated rings. The van der Waals surface area contributed by atoms with Gasteiger partial charge in [0.2, 0.25) is 0 Å². The maximum Gasteiger partial charge on any atom is 0.159 e. The highest BCUT2D eigenvalue weighted by molar-refractivity contribution is 6.38. The number of hydrogen-bond acceptors (Lipinski definition) is 0. The van der Waals surface area contributed by atoms with Crippen molar-refractivity contribution in [2.24, 2.45) is 0 Å². The van der Waals surface area contributed by atoms with Crippen molar-refractivity contribution in [2.45, 2.75) is 0 Å². The predicted octanol–water partition coefficient (Wildman–Crippen LogP) is 10.4. The molecule has 0 amide bonds. The fourth-order valence-corrected chi connectivity index (χ4v) is 5.01. The lowest BCUT2D eigenvalue weighted by Crippen LogP contribution is -2.01. The summed E-state index contributed by atoms with van der Waals surface area (Å²) in [6.07, 6.45) is 0. The van der Waals surface area contributed by atoms with Crippen LogP contribution >= 0.6 is 23.2 Å². The molecular weight excluding hydrogens is 526 g/mol. The molecule has 37 heavy (non-hydrogen) atoms. The minimum Gasteiger partial charge on any atom is -0.207 e. The summed E-state index contributed by atoms with van der Waals surface area (Å²) in [5.74, 6) is -4.87. The van der Waals surface area contributed by atoms with Gasteiger partial charge < -0.3 is 0 Å². The molecule has 0 aliphatic heterocycles. The molecular formula is C30H15Cl2F5. The Labute approximate surface area is 219 Å². The molecule has 0 N–H and O–H groups in total. The van der Waals surface area contributed by atoms with Crippen LogP contribution in [-0.2, 0) is 0 Å². The van der Waals surface area contributed by atoms with Crippen molar-refractivity contribution in [1.82, 2.24) is 0 Å². The Bertz CT molecular complexity index is 1630. The molecule has 0 radical (unpaired) electrons. The van der Waals surface area contributed by atoms with Gasteiger partial charge in [-0.2, -0.15) is 0 Å².